The molecule has 2 N–H and O–H groups in total. The molecule has 0 saturated heterocycles. The lowest BCUT2D eigenvalue weighted by Gasteiger charge is -2.25. The van der Waals surface area contributed by atoms with E-state index in [1.165, 1.54) is 0 Å². The van der Waals surface area contributed by atoms with Gasteiger partial charge >= 0.3 is 5.97 Å². The van der Waals surface area contributed by atoms with Gasteiger partial charge < -0.3 is 10.4 Å². The zero-order valence-electron chi connectivity index (χ0n) is 8.75. The third-order valence-corrected chi connectivity index (χ3v) is 2.45. The maximum Gasteiger partial charge on any atom is 0.305 e. The summed E-state index contributed by atoms with van der Waals surface area (Å²) in [6, 6.07) is 7.65. The van der Waals surface area contributed by atoms with Gasteiger partial charge in [0.25, 0.3) is 0 Å². The zero-order valence-corrected chi connectivity index (χ0v) is 10.3. The quantitative estimate of drug-likeness (QED) is 0.885. The lowest BCUT2D eigenvalue weighted by molar-refractivity contribution is -0.137. The highest BCUT2D eigenvalue weighted by Gasteiger charge is 2.20. The average Bonchev–Trinajstić information content (AvgIpc) is 2.06. The minimum absolute atomic E-state index is 0.0864. The van der Waals surface area contributed by atoms with E-state index in [9.17, 15) is 4.79 Å². The average molecular weight is 272 g/mol. The number of rotatable bonds is 4. The molecule has 0 saturated carbocycles. The molecule has 0 atom stereocenters. The van der Waals surface area contributed by atoms with Crippen LogP contribution in [0.3, 0.4) is 0 Å². The van der Waals surface area contributed by atoms with Crippen molar-refractivity contribution in [3.8, 4) is 0 Å². The number of carbonyl (C=O) groups is 1. The summed E-state index contributed by atoms with van der Waals surface area (Å²) in [5, 5.41) is 11.9. The van der Waals surface area contributed by atoms with Crippen LogP contribution >= 0.6 is 15.9 Å². The molecule has 0 fully saturated rings. The van der Waals surface area contributed by atoms with Crippen LogP contribution in [0.25, 0.3) is 0 Å². The van der Waals surface area contributed by atoms with Gasteiger partial charge in [-0.1, -0.05) is 15.9 Å². The second-order valence-electron chi connectivity index (χ2n) is 4.09. The lowest BCUT2D eigenvalue weighted by Crippen LogP contribution is -2.33. The molecular weight excluding hydrogens is 258 g/mol. The molecule has 0 aliphatic rings. The molecule has 3 nitrogen and oxygen atoms in total. The van der Waals surface area contributed by atoms with Crippen LogP contribution in [0.4, 0.5) is 5.69 Å². The Hall–Kier alpha value is -1.03. The number of halogens is 1. The van der Waals surface area contributed by atoms with E-state index < -0.39 is 11.5 Å². The number of anilines is 1. The van der Waals surface area contributed by atoms with E-state index in [0.717, 1.165) is 10.2 Å². The maximum atomic E-state index is 10.6. The van der Waals surface area contributed by atoms with Crippen molar-refractivity contribution in [1.29, 1.82) is 0 Å². The van der Waals surface area contributed by atoms with Crippen molar-refractivity contribution in [2.75, 3.05) is 5.32 Å². The Morgan fingerprint density at radius 2 is 1.93 bits per heavy atom. The number of carboxylic acid groups (broad SMARTS) is 1. The van der Waals surface area contributed by atoms with Crippen molar-refractivity contribution >= 4 is 27.6 Å². The van der Waals surface area contributed by atoms with Crippen molar-refractivity contribution in [2.45, 2.75) is 25.8 Å². The summed E-state index contributed by atoms with van der Waals surface area (Å²) < 4.78 is 1.00. The molecule has 0 heterocycles. The Morgan fingerprint density at radius 1 is 1.40 bits per heavy atom. The normalized spacial score (nSPS) is 11.1. The highest BCUT2D eigenvalue weighted by atomic mass is 79.9. The van der Waals surface area contributed by atoms with Gasteiger partial charge in [-0.15, -0.1) is 0 Å². The number of aliphatic carboxylic acids is 1. The van der Waals surface area contributed by atoms with Crippen LogP contribution in [0.15, 0.2) is 28.7 Å². The highest BCUT2D eigenvalue weighted by molar-refractivity contribution is 9.10. The van der Waals surface area contributed by atoms with Crippen LogP contribution in [0.1, 0.15) is 20.3 Å². The first-order valence-corrected chi connectivity index (χ1v) is 5.44. The molecule has 0 unspecified atom stereocenters. The molecule has 0 spiro atoms. The summed E-state index contributed by atoms with van der Waals surface area (Å²) in [6.45, 7) is 3.73. The van der Waals surface area contributed by atoms with Gasteiger partial charge in [0, 0.05) is 15.7 Å². The summed E-state index contributed by atoms with van der Waals surface area (Å²) in [7, 11) is 0. The summed E-state index contributed by atoms with van der Waals surface area (Å²) in [6.07, 6.45) is 0.0864. The van der Waals surface area contributed by atoms with E-state index in [2.05, 4.69) is 21.2 Å². The van der Waals surface area contributed by atoms with Crippen LogP contribution in [0.5, 0.6) is 0 Å². The summed E-state index contributed by atoms with van der Waals surface area (Å²) >= 11 is 3.34. The van der Waals surface area contributed by atoms with E-state index in [1.54, 1.807) is 0 Å². The van der Waals surface area contributed by atoms with Gasteiger partial charge in [0.15, 0.2) is 0 Å². The molecule has 0 radical (unpaired) electrons. The van der Waals surface area contributed by atoms with Gasteiger partial charge in [0.1, 0.15) is 0 Å². The predicted octanol–water partition coefficient (Wildman–Crippen LogP) is 3.11. The monoisotopic (exact) mass is 271 g/mol. The molecule has 82 valence electrons. The third-order valence-electron chi connectivity index (χ3n) is 1.92. The molecule has 1 aromatic rings. The first kappa shape index (κ1) is 12.0. The van der Waals surface area contributed by atoms with E-state index in [4.69, 9.17) is 5.11 Å². The predicted molar refractivity (Wildman–Crippen MR) is 64.1 cm³/mol. The first-order chi connectivity index (χ1) is 6.89. The van der Waals surface area contributed by atoms with E-state index >= 15 is 0 Å². The molecule has 4 heteroatoms. The molecule has 1 aromatic carbocycles. The topological polar surface area (TPSA) is 49.3 Å². The summed E-state index contributed by atoms with van der Waals surface area (Å²) in [5.41, 5.74) is 0.476. The number of benzene rings is 1. The van der Waals surface area contributed by atoms with Crippen LogP contribution in [0, 0.1) is 0 Å². The lowest BCUT2D eigenvalue weighted by atomic mass is 10.0. The van der Waals surface area contributed by atoms with Crippen LogP contribution in [-0.4, -0.2) is 16.6 Å². The van der Waals surface area contributed by atoms with Crippen molar-refractivity contribution in [3.05, 3.63) is 28.7 Å². The molecule has 0 aliphatic heterocycles. The zero-order chi connectivity index (χ0) is 11.5. The fourth-order valence-corrected chi connectivity index (χ4v) is 1.61. The standard InChI is InChI=1S/C11H14BrNO2/c1-11(2,7-10(14)15)13-9-5-3-8(12)4-6-9/h3-6,13H,7H2,1-2H3,(H,14,15). The van der Waals surface area contributed by atoms with E-state index in [-0.39, 0.29) is 6.42 Å². The number of carboxylic acids is 1. The molecule has 0 amide bonds. The molecule has 0 aliphatic carbocycles. The van der Waals surface area contributed by atoms with Crippen molar-refractivity contribution in [3.63, 3.8) is 0 Å². The maximum absolute atomic E-state index is 10.6. The Labute approximate surface area is 97.6 Å². The number of hydrogen-bond acceptors (Lipinski definition) is 2. The fourth-order valence-electron chi connectivity index (χ4n) is 1.35. The van der Waals surface area contributed by atoms with Crippen molar-refractivity contribution in [1.82, 2.24) is 0 Å². The van der Waals surface area contributed by atoms with Crippen LogP contribution in [0.2, 0.25) is 0 Å². The van der Waals surface area contributed by atoms with Crippen molar-refractivity contribution in [2.24, 2.45) is 0 Å². The Morgan fingerprint density at radius 3 is 2.40 bits per heavy atom. The van der Waals surface area contributed by atoms with Crippen molar-refractivity contribution < 1.29 is 9.90 Å². The summed E-state index contributed by atoms with van der Waals surface area (Å²) in [4.78, 5) is 10.6. The van der Waals surface area contributed by atoms with Gasteiger partial charge in [0.05, 0.1) is 6.42 Å². The van der Waals surface area contributed by atoms with Crippen LogP contribution < -0.4 is 5.32 Å². The molecule has 15 heavy (non-hydrogen) atoms. The Kier molecular flexibility index (Phi) is 3.74. The van der Waals surface area contributed by atoms with Crippen LogP contribution in [-0.2, 0) is 4.79 Å². The third kappa shape index (κ3) is 4.34. The fraction of sp³-hybridized carbons (Fsp3) is 0.364. The Balaban J connectivity index is 2.68. The van der Waals surface area contributed by atoms with Gasteiger partial charge in [-0.25, -0.2) is 0 Å². The van der Waals surface area contributed by atoms with E-state index in [0.29, 0.717) is 0 Å². The SMILES string of the molecule is CC(C)(CC(=O)O)Nc1ccc(Br)cc1. The molecular formula is C11H14BrNO2. The second-order valence-corrected chi connectivity index (χ2v) is 5.00. The van der Waals surface area contributed by atoms with Gasteiger partial charge in [0.2, 0.25) is 0 Å². The number of nitrogens with one attached hydrogen (secondary N) is 1. The smallest absolute Gasteiger partial charge is 0.305 e. The second kappa shape index (κ2) is 4.66. The largest absolute Gasteiger partial charge is 0.481 e. The van der Waals surface area contributed by atoms with Gasteiger partial charge in [-0.05, 0) is 38.1 Å². The molecule has 0 bridgehead atoms. The number of hydrogen-bond donors (Lipinski definition) is 2. The highest BCUT2D eigenvalue weighted by Crippen LogP contribution is 2.20. The van der Waals surface area contributed by atoms with E-state index in [1.807, 2.05) is 38.1 Å². The van der Waals surface area contributed by atoms with Gasteiger partial charge in [-0.3, -0.25) is 4.79 Å². The molecule has 0 aromatic heterocycles. The Bertz CT molecular complexity index is 346. The minimum atomic E-state index is -0.801. The molecule has 1 rings (SSSR count). The first-order valence-electron chi connectivity index (χ1n) is 4.65. The minimum Gasteiger partial charge on any atom is -0.481 e. The van der Waals surface area contributed by atoms with Gasteiger partial charge in [-0.2, -0.15) is 0 Å². The summed E-state index contributed by atoms with van der Waals surface area (Å²) in [5.74, 6) is -0.801.